The van der Waals surface area contributed by atoms with E-state index in [9.17, 15) is 0 Å². The van der Waals surface area contributed by atoms with Crippen molar-refractivity contribution in [3.8, 4) is 17.2 Å². The second-order valence-electron chi connectivity index (χ2n) is 3.72. The molecule has 0 atom stereocenters. The number of ether oxygens (including phenoxy) is 3. The van der Waals surface area contributed by atoms with Gasteiger partial charge in [-0.25, -0.2) is 10.1 Å². The molecule has 0 unspecified atom stereocenters. The summed E-state index contributed by atoms with van der Waals surface area (Å²) in [6.45, 7) is 0.561. The Labute approximate surface area is 110 Å². The third-order valence-electron chi connectivity index (χ3n) is 2.60. The molecule has 7 heteroatoms. The molecular formula is C12H16N4O3. The number of hydrogen-bond donors (Lipinski definition) is 2. The lowest BCUT2D eigenvalue weighted by molar-refractivity contribution is 0.324. The Bertz CT molecular complexity index is 503. The van der Waals surface area contributed by atoms with Crippen molar-refractivity contribution in [1.29, 1.82) is 0 Å². The lowest BCUT2D eigenvalue weighted by atomic mass is 10.2. The average Bonchev–Trinajstić information content (AvgIpc) is 2.97. The molecule has 0 fully saturated rings. The van der Waals surface area contributed by atoms with Gasteiger partial charge in [-0.2, -0.15) is 5.10 Å². The first-order chi connectivity index (χ1) is 9.28. The Morgan fingerprint density at radius 2 is 1.79 bits per heavy atom. The van der Waals surface area contributed by atoms with Crippen molar-refractivity contribution in [3.05, 3.63) is 24.0 Å². The quantitative estimate of drug-likeness (QED) is 0.821. The van der Waals surface area contributed by atoms with Gasteiger partial charge in [0.2, 0.25) is 11.7 Å². The smallest absolute Gasteiger partial charge is 0.218 e. The van der Waals surface area contributed by atoms with Crippen LogP contribution in [0.5, 0.6) is 17.2 Å². The Kier molecular flexibility index (Phi) is 4.07. The number of nitrogens with zero attached hydrogens (tertiary/aromatic N) is 2. The molecule has 7 nitrogen and oxygen atoms in total. The molecule has 1 heterocycles. The van der Waals surface area contributed by atoms with Gasteiger partial charge in [-0.05, 0) is 17.7 Å². The fraction of sp³-hybridized carbons (Fsp3) is 0.333. The van der Waals surface area contributed by atoms with Gasteiger partial charge in [0.05, 0.1) is 21.3 Å². The van der Waals surface area contributed by atoms with E-state index in [2.05, 4.69) is 20.5 Å². The number of benzene rings is 1. The predicted molar refractivity (Wildman–Crippen MR) is 69.8 cm³/mol. The summed E-state index contributed by atoms with van der Waals surface area (Å²) in [6, 6.07) is 3.76. The van der Waals surface area contributed by atoms with E-state index < -0.39 is 0 Å². The number of aromatic amines is 1. The van der Waals surface area contributed by atoms with Crippen LogP contribution in [-0.2, 0) is 6.54 Å². The molecular weight excluding hydrogens is 248 g/mol. The van der Waals surface area contributed by atoms with Crippen LogP contribution in [0.2, 0.25) is 0 Å². The van der Waals surface area contributed by atoms with Gasteiger partial charge in [0, 0.05) is 6.54 Å². The summed E-state index contributed by atoms with van der Waals surface area (Å²) in [5, 5.41) is 9.59. The molecule has 2 aromatic rings. The largest absolute Gasteiger partial charge is 0.493 e. The van der Waals surface area contributed by atoms with E-state index in [4.69, 9.17) is 14.2 Å². The maximum atomic E-state index is 5.29. The molecule has 0 spiro atoms. The lowest BCUT2D eigenvalue weighted by Gasteiger charge is -2.14. The van der Waals surface area contributed by atoms with E-state index in [0.29, 0.717) is 29.7 Å². The summed E-state index contributed by atoms with van der Waals surface area (Å²) in [6.07, 6.45) is 1.44. The Balaban J connectivity index is 2.20. The van der Waals surface area contributed by atoms with Crippen molar-refractivity contribution in [2.75, 3.05) is 26.6 Å². The van der Waals surface area contributed by atoms with Crippen LogP contribution in [0.4, 0.5) is 5.95 Å². The first-order valence-corrected chi connectivity index (χ1v) is 5.66. The van der Waals surface area contributed by atoms with E-state index in [-0.39, 0.29) is 0 Å². The molecule has 0 radical (unpaired) electrons. The Morgan fingerprint density at radius 1 is 1.11 bits per heavy atom. The summed E-state index contributed by atoms with van der Waals surface area (Å²) in [4.78, 5) is 3.99. The molecule has 0 aliphatic heterocycles. The zero-order valence-corrected chi connectivity index (χ0v) is 11.1. The molecule has 0 saturated heterocycles. The second kappa shape index (κ2) is 5.94. The van der Waals surface area contributed by atoms with Gasteiger partial charge in [-0.1, -0.05) is 0 Å². The fourth-order valence-electron chi connectivity index (χ4n) is 1.71. The van der Waals surface area contributed by atoms with Crippen LogP contribution in [-0.4, -0.2) is 36.5 Å². The van der Waals surface area contributed by atoms with E-state index in [0.717, 1.165) is 5.56 Å². The third-order valence-corrected chi connectivity index (χ3v) is 2.60. The van der Waals surface area contributed by atoms with Gasteiger partial charge in [0.25, 0.3) is 0 Å². The number of nitrogens with one attached hydrogen (secondary N) is 2. The molecule has 19 heavy (non-hydrogen) atoms. The molecule has 1 aromatic heterocycles. The minimum Gasteiger partial charge on any atom is -0.493 e. The molecule has 0 aliphatic rings. The van der Waals surface area contributed by atoms with Crippen molar-refractivity contribution in [3.63, 3.8) is 0 Å². The van der Waals surface area contributed by atoms with Crippen LogP contribution in [0.15, 0.2) is 18.5 Å². The van der Waals surface area contributed by atoms with Crippen molar-refractivity contribution in [1.82, 2.24) is 15.2 Å². The van der Waals surface area contributed by atoms with Crippen LogP contribution in [0.1, 0.15) is 5.56 Å². The van der Waals surface area contributed by atoms with E-state index in [1.807, 2.05) is 12.1 Å². The normalized spacial score (nSPS) is 10.1. The number of methoxy groups -OCH3 is 3. The monoisotopic (exact) mass is 264 g/mol. The molecule has 102 valence electrons. The molecule has 2 rings (SSSR count). The second-order valence-corrected chi connectivity index (χ2v) is 3.72. The summed E-state index contributed by atoms with van der Waals surface area (Å²) < 4.78 is 15.8. The molecule has 0 saturated carbocycles. The summed E-state index contributed by atoms with van der Waals surface area (Å²) in [5.74, 6) is 2.43. The Morgan fingerprint density at radius 3 is 2.26 bits per heavy atom. The molecule has 1 aromatic carbocycles. The van der Waals surface area contributed by atoms with Gasteiger partial charge in [-0.3, -0.25) is 0 Å². The Hall–Kier alpha value is -2.44. The summed E-state index contributed by atoms with van der Waals surface area (Å²) in [5.41, 5.74) is 0.978. The van der Waals surface area contributed by atoms with E-state index >= 15 is 0 Å². The highest BCUT2D eigenvalue weighted by Crippen LogP contribution is 2.38. The maximum Gasteiger partial charge on any atom is 0.218 e. The first kappa shape index (κ1) is 13.0. The summed E-state index contributed by atoms with van der Waals surface area (Å²) >= 11 is 0. The van der Waals surface area contributed by atoms with Gasteiger partial charge in [0.15, 0.2) is 11.5 Å². The zero-order valence-electron chi connectivity index (χ0n) is 11.1. The highest BCUT2D eigenvalue weighted by atomic mass is 16.5. The van der Waals surface area contributed by atoms with E-state index in [1.54, 1.807) is 21.3 Å². The van der Waals surface area contributed by atoms with Gasteiger partial charge >= 0.3 is 0 Å². The van der Waals surface area contributed by atoms with Crippen LogP contribution in [0, 0.1) is 0 Å². The fourth-order valence-corrected chi connectivity index (χ4v) is 1.71. The SMILES string of the molecule is COc1cc(CNc2ncn[nH]2)cc(OC)c1OC. The molecule has 0 aliphatic carbocycles. The van der Waals surface area contributed by atoms with Crippen LogP contribution in [0.3, 0.4) is 0 Å². The standard InChI is InChI=1S/C12H16N4O3/c1-17-9-4-8(5-10(18-2)11(9)19-3)6-13-12-14-7-15-16-12/h4-5,7H,6H2,1-3H3,(H2,13,14,15,16). The van der Waals surface area contributed by atoms with Crippen molar-refractivity contribution in [2.45, 2.75) is 6.54 Å². The first-order valence-electron chi connectivity index (χ1n) is 5.66. The van der Waals surface area contributed by atoms with Crippen LogP contribution < -0.4 is 19.5 Å². The highest BCUT2D eigenvalue weighted by Gasteiger charge is 2.13. The number of anilines is 1. The van der Waals surface area contributed by atoms with Crippen molar-refractivity contribution < 1.29 is 14.2 Å². The minimum atomic E-state index is 0.561. The zero-order chi connectivity index (χ0) is 13.7. The lowest BCUT2D eigenvalue weighted by Crippen LogP contribution is -2.03. The van der Waals surface area contributed by atoms with Gasteiger partial charge < -0.3 is 19.5 Å². The van der Waals surface area contributed by atoms with Gasteiger partial charge in [-0.15, -0.1) is 0 Å². The number of aromatic nitrogens is 3. The predicted octanol–water partition coefficient (Wildman–Crippen LogP) is 1.44. The van der Waals surface area contributed by atoms with Crippen LogP contribution in [0.25, 0.3) is 0 Å². The average molecular weight is 264 g/mol. The van der Waals surface area contributed by atoms with Gasteiger partial charge in [0.1, 0.15) is 6.33 Å². The van der Waals surface area contributed by atoms with Crippen LogP contribution >= 0.6 is 0 Å². The molecule has 0 amide bonds. The van der Waals surface area contributed by atoms with Crippen molar-refractivity contribution >= 4 is 5.95 Å². The maximum absolute atomic E-state index is 5.29. The molecule has 2 N–H and O–H groups in total. The topological polar surface area (TPSA) is 81.3 Å². The van der Waals surface area contributed by atoms with E-state index in [1.165, 1.54) is 6.33 Å². The highest BCUT2D eigenvalue weighted by molar-refractivity contribution is 5.54. The number of hydrogen-bond acceptors (Lipinski definition) is 6. The van der Waals surface area contributed by atoms with Crippen molar-refractivity contribution in [2.24, 2.45) is 0 Å². The number of H-pyrrole nitrogens is 1. The number of rotatable bonds is 6. The molecule has 0 bridgehead atoms. The third kappa shape index (κ3) is 2.87. The minimum absolute atomic E-state index is 0.561. The summed E-state index contributed by atoms with van der Waals surface area (Å²) in [7, 11) is 4.75.